The zero-order chi connectivity index (χ0) is 19.2. The molecule has 3 rings (SSSR count). The van der Waals surface area contributed by atoms with Gasteiger partial charge in [0.15, 0.2) is 0 Å². The summed E-state index contributed by atoms with van der Waals surface area (Å²) in [7, 11) is 1.01. The van der Waals surface area contributed by atoms with Crippen LogP contribution in [0.1, 0.15) is 110 Å². The highest BCUT2D eigenvalue weighted by molar-refractivity contribution is 6.05. The van der Waals surface area contributed by atoms with Crippen molar-refractivity contribution < 1.29 is 0 Å². The summed E-state index contributed by atoms with van der Waals surface area (Å²) in [4.78, 5) is 3.80. The molecule has 3 saturated carbocycles. The van der Waals surface area contributed by atoms with E-state index in [0.717, 1.165) is 10.4 Å². The summed E-state index contributed by atoms with van der Waals surface area (Å²) >= 11 is 0. The predicted molar refractivity (Wildman–Crippen MR) is 120 cm³/mol. The van der Waals surface area contributed by atoms with Crippen LogP contribution < -0.4 is 20.9 Å². The Labute approximate surface area is 171 Å². The Hall–Kier alpha value is 0.0569. The number of nitrogens with one attached hydrogen (secondary N) is 4. The molecule has 3 fully saturated rings. The maximum absolute atomic E-state index is 4.19. The van der Waals surface area contributed by atoms with Crippen molar-refractivity contribution in [2.45, 2.75) is 140 Å². The smallest absolute Gasteiger partial charge is 0.141 e. The van der Waals surface area contributed by atoms with Gasteiger partial charge in [0, 0.05) is 18.1 Å². The molecule has 0 radical (unpaired) electrons. The maximum Gasteiger partial charge on any atom is 0.141 e. The second-order valence-corrected chi connectivity index (χ2v) is 10.6. The first-order valence-corrected chi connectivity index (χ1v) is 13.1. The van der Waals surface area contributed by atoms with E-state index in [0.29, 0.717) is 18.1 Å². The summed E-state index contributed by atoms with van der Waals surface area (Å²) < 4.78 is 0. The Balaban J connectivity index is 1.82. The van der Waals surface area contributed by atoms with Gasteiger partial charge in [-0.3, -0.25) is 16.0 Å². The number of rotatable bonds is 8. The maximum atomic E-state index is 4.19. The Kier molecular flexibility index (Phi) is 8.22. The van der Waals surface area contributed by atoms with Crippen molar-refractivity contribution in [1.82, 2.24) is 20.9 Å². The molecule has 0 bridgehead atoms. The molecule has 0 amide bonds. The Morgan fingerprint density at radius 3 is 1.11 bits per heavy atom. The lowest BCUT2D eigenvalue weighted by Gasteiger charge is -2.54. The molecule has 3 aliphatic carbocycles. The molecule has 0 aromatic carbocycles. The first-order valence-electron chi connectivity index (χ1n) is 12.1. The third kappa shape index (κ3) is 5.78. The van der Waals surface area contributed by atoms with E-state index in [-0.39, 0.29) is 11.3 Å². The lowest BCUT2D eigenvalue weighted by Crippen LogP contribution is -2.83. The van der Waals surface area contributed by atoms with E-state index in [4.69, 9.17) is 0 Å². The van der Waals surface area contributed by atoms with Crippen LogP contribution in [0.25, 0.3) is 0 Å². The second kappa shape index (κ2) is 10.2. The van der Waals surface area contributed by atoms with E-state index >= 15 is 0 Å². The van der Waals surface area contributed by atoms with Crippen molar-refractivity contribution >= 4 is 10.4 Å². The third-order valence-corrected chi connectivity index (χ3v) is 8.89. The molecule has 0 aliphatic heterocycles. The predicted octanol–water partition coefficient (Wildman–Crippen LogP) is 3.06. The molecule has 0 saturated heterocycles. The molecule has 158 valence electrons. The lowest BCUT2D eigenvalue weighted by molar-refractivity contribution is 0.0361. The summed E-state index contributed by atoms with van der Waals surface area (Å²) in [5.41, 5.74) is -0.00837. The van der Waals surface area contributed by atoms with Gasteiger partial charge in [-0.15, -0.1) is 0 Å². The SMILES string of the molecule is CC(C)(N[SiH3])C(NC1CCCCC1)(NC1CCCCC1)NC1CCCCC1. The van der Waals surface area contributed by atoms with Gasteiger partial charge in [0.05, 0.1) is 15.9 Å². The zero-order valence-corrected chi connectivity index (χ0v) is 20.3. The minimum atomic E-state index is -0.208. The van der Waals surface area contributed by atoms with E-state index in [1.165, 1.54) is 96.3 Å². The second-order valence-electron chi connectivity index (χ2n) is 10.1. The quantitative estimate of drug-likeness (QED) is 0.377. The van der Waals surface area contributed by atoms with Gasteiger partial charge in [0.25, 0.3) is 0 Å². The Bertz CT molecular complexity index is 374. The van der Waals surface area contributed by atoms with Crippen molar-refractivity contribution in [3.8, 4) is 0 Å². The van der Waals surface area contributed by atoms with Gasteiger partial charge in [0.1, 0.15) is 5.79 Å². The van der Waals surface area contributed by atoms with Gasteiger partial charge in [-0.05, 0) is 52.4 Å². The molecule has 5 heteroatoms. The van der Waals surface area contributed by atoms with Crippen molar-refractivity contribution in [3.63, 3.8) is 0 Å². The summed E-state index contributed by atoms with van der Waals surface area (Å²) in [5.74, 6) is -0.208. The van der Waals surface area contributed by atoms with Gasteiger partial charge in [0.2, 0.25) is 0 Å². The minimum Gasteiger partial charge on any atom is -0.337 e. The molecule has 4 N–H and O–H groups in total. The molecule has 4 nitrogen and oxygen atoms in total. The highest BCUT2D eigenvalue weighted by atomic mass is 28.2. The molecule has 3 aliphatic rings. The van der Waals surface area contributed by atoms with E-state index in [1.54, 1.807) is 0 Å². The lowest BCUT2D eigenvalue weighted by atomic mass is 9.86. The van der Waals surface area contributed by atoms with Gasteiger partial charge in [-0.25, -0.2) is 0 Å². The van der Waals surface area contributed by atoms with Gasteiger partial charge < -0.3 is 4.98 Å². The van der Waals surface area contributed by atoms with E-state index in [2.05, 4.69) is 34.8 Å². The van der Waals surface area contributed by atoms with Crippen LogP contribution in [0.4, 0.5) is 0 Å². The fourth-order valence-electron chi connectivity index (χ4n) is 5.51. The van der Waals surface area contributed by atoms with E-state index < -0.39 is 0 Å². The average molecular weight is 395 g/mol. The highest BCUT2D eigenvalue weighted by Gasteiger charge is 2.47. The van der Waals surface area contributed by atoms with Crippen molar-refractivity contribution in [1.29, 1.82) is 0 Å². The molecule has 0 aromatic rings. The van der Waals surface area contributed by atoms with Crippen LogP contribution in [0.15, 0.2) is 0 Å². The van der Waals surface area contributed by atoms with Crippen LogP contribution >= 0.6 is 0 Å². The third-order valence-electron chi connectivity index (χ3n) is 7.64. The number of hydrogen-bond acceptors (Lipinski definition) is 4. The molecule has 0 heterocycles. The molecule has 0 spiro atoms. The topological polar surface area (TPSA) is 48.1 Å². The molecule has 0 unspecified atom stereocenters. The standard InChI is InChI=1S/C22H46N4Si/c1-21(2,26-27)22(23-18-12-6-3-7-13-18,24-19-14-8-4-9-15-19)25-20-16-10-5-11-17-20/h18-20,23-26H,3-17H2,1-2,27H3. The normalized spacial score (nSPS) is 25.1. The monoisotopic (exact) mass is 394 g/mol. The molecule has 0 atom stereocenters. The van der Waals surface area contributed by atoms with Gasteiger partial charge >= 0.3 is 0 Å². The van der Waals surface area contributed by atoms with Crippen molar-refractivity contribution in [3.05, 3.63) is 0 Å². The molecular weight excluding hydrogens is 348 g/mol. The van der Waals surface area contributed by atoms with Crippen molar-refractivity contribution in [2.24, 2.45) is 0 Å². The first kappa shape index (κ1) is 21.8. The van der Waals surface area contributed by atoms with Crippen LogP contribution in [0.2, 0.25) is 0 Å². The van der Waals surface area contributed by atoms with Gasteiger partial charge in [-0.2, -0.15) is 0 Å². The Morgan fingerprint density at radius 2 is 0.852 bits per heavy atom. The summed E-state index contributed by atoms with van der Waals surface area (Å²) in [6.07, 6.45) is 20.5. The fraction of sp³-hybridized carbons (Fsp3) is 1.00. The largest absolute Gasteiger partial charge is 0.337 e. The average Bonchev–Trinajstić information content (AvgIpc) is 2.70. The van der Waals surface area contributed by atoms with E-state index in [1.807, 2.05) is 0 Å². The van der Waals surface area contributed by atoms with Crippen LogP contribution in [-0.2, 0) is 0 Å². The van der Waals surface area contributed by atoms with Crippen molar-refractivity contribution in [2.75, 3.05) is 0 Å². The van der Waals surface area contributed by atoms with Crippen LogP contribution in [0.3, 0.4) is 0 Å². The highest BCUT2D eigenvalue weighted by Crippen LogP contribution is 2.29. The van der Waals surface area contributed by atoms with E-state index in [9.17, 15) is 0 Å². The number of hydrogen-bond donors (Lipinski definition) is 4. The zero-order valence-electron chi connectivity index (χ0n) is 18.3. The van der Waals surface area contributed by atoms with Crippen LogP contribution in [-0.4, -0.2) is 39.9 Å². The summed E-state index contributed by atoms with van der Waals surface area (Å²) in [6.45, 7) is 4.81. The summed E-state index contributed by atoms with van der Waals surface area (Å²) in [6, 6.07) is 1.92. The van der Waals surface area contributed by atoms with Gasteiger partial charge in [-0.1, -0.05) is 57.8 Å². The van der Waals surface area contributed by atoms with Crippen LogP contribution in [0.5, 0.6) is 0 Å². The fourth-order valence-corrected chi connectivity index (χ4v) is 5.89. The Morgan fingerprint density at radius 1 is 0.556 bits per heavy atom. The molecule has 27 heavy (non-hydrogen) atoms. The minimum absolute atomic E-state index is 0.00837. The molecular formula is C22H46N4Si. The first-order chi connectivity index (χ1) is 13.0. The summed E-state index contributed by atoms with van der Waals surface area (Å²) in [5, 5.41) is 12.6. The molecule has 0 aromatic heterocycles. The van der Waals surface area contributed by atoms with Crippen LogP contribution in [0, 0.1) is 0 Å².